The summed E-state index contributed by atoms with van der Waals surface area (Å²) in [5.41, 5.74) is -0.307. The Morgan fingerprint density at radius 1 is 1.03 bits per heavy atom. The summed E-state index contributed by atoms with van der Waals surface area (Å²) in [5, 5.41) is 36.8. The van der Waals surface area contributed by atoms with Crippen LogP contribution in [0.5, 0.6) is 0 Å². The van der Waals surface area contributed by atoms with Crippen molar-refractivity contribution in [2.24, 2.45) is 52.3 Å². The van der Waals surface area contributed by atoms with Gasteiger partial charge < -0.3 is 20.6 Å². The lowest BCUT2D eigenvalue weighted by atomic mass is 9.41. The molecule has 1 amide bonds. The van der Waals surface area contributed by atoms with Crippen LogP contribution in [0.2, 0.25) is 0 Å². The van der Waals surface area contributed by atoms with Crippen molar-refractivity contribution in [3.8, 4) is 0 Å². The minimum atomic E-state index is -4.15. The van der Waals surface area contributed by atoms with Crippen LogP contribution >= 0.6 is 0 Å². The summed E-state index contributed by atoms with van der Waals surface area (Å²) in [6.45, 7) is 10.4. The van der Waals surface area contributed by atoms with Crippen LogP contribution in [0, 0.1) is 52.3 Å². The lowest BCUT2D eigenvalue weighted by Gasteiger charge is -2.65. The van der Waals surface area contributed by atoms with Crippen molar-refractivity contribution in [2.45, 2.75) is 117 Å². The maximum atomic E-state index is 12.5. The average molecular weight is 558 g/mol. The highest BCUT2D eigenvalue weighted by Crippen LogP contribution is 2.69. The van der Waals surface area contributed by atoms with E-state index in [4.69, 9.17) is 4.55 Å². The molecule has 4 saturated carbocycles. The molecule has 0 radical (unpaired) electrons. The molecule has 0 bridgehead atoms. The molecule has 4 fully saturated rings. The van der Waals surface area contributed by atoms with E-state index in [2.05, 4.69) is 33.0 Å². The normalized spacial score (nSPS) is 46.4. The zero-order chi connectivity index (χ0) is 28.2. The molecular weight excluding hydrogens is 506 g/mol. The Bertz CT molecular complexity index is 974. The van der Waals surface area contributed by atoms with Gasteiger partial charge in [-0.2, -0.15) is 8.42 Å². The zero-order valence-electron chi connectivity index (χ0n) is 23.8. The first-order valence-corrected chi connectivity index (χ1v) is 16.5. The first-order chi connectivity index (χ1) is 17.6. The fourth-order valence-electron chi connectivity index (χ4n) is 10.2. The SMILES string of the molecule is CC[C@H]1[C@@H](O)[C@@H]2[C@H](C[C@H](O)[C@]3(C)[C@@H]([C@H](C)CCC(=O)N[C@H](C)CS(=O)(=O)O)CC[C@@H]23)[C@@]2(C)CC[C@@H](O)C[C@@H]12. The Hall–Kier alpha value is -0.740. The van der Waals surface area contributed by atoms with E-state index in [-0.39, 0.29) is 70.7 Å². The highest BCUT2D eigenvalue weighted by atomic mass is 32.2. The quantitative estimate of drug-likeness (QED) is 0.288. The monoisotopic (exact) mass is 557 g/mol. The molecule has 5 N–H and O–H groups in total. The summed E-state index contributed by atoms with van der Waals surface area (Å²) in [7, 11) is -4.15. The molecule has 4 aliphatic carbocycles. The van der Waals surface area contributed by atoms with Crippen molar-refractivity contribution in [3.63, 3.8) is 0 Å². The molecule has 0 saturated heterocycles. The first kappa shape index (κ1) is 30.2. The Balaban J connectivity index is 1.49. The molecule has 220 valence electrons. The molecular formula is C29H51NO7S. The second-order valence-corrected chi connectivity index (χ2v) is 15.4. The fraction of sp³-hybridized carbons (Fsp3) is 0.966. The number of rotatable bonds is 8. The Labute approximate surface area is 229 Å². The molecule has 0 aliphatic heterocycles. The molecule has 38 heavy (non-hydrogen) atoms. The summed E-state index contributed by atoms with van der Waals surface area (Å²) in [5.74, 6) is 0.742. The van der Waals surface area contributed by atoms with E-state index in [1.165, 1.54) is 0 Å². The number of fused-ring (bicyclic) bond motifs is 5. The maximum absolute atomic E-state index is 12.5. The van der Waals surface area contributed by atoms with Gasteiger partial charge in [-0.3, -0.25) is 9.35 Å². The Morgan fingerprint density at radius 3 is 2.34 bits per heavy atom. The van der Waals surface area contributed by atoms with Crippen molar-refractivity contribution in [1.29, 1.82) is 0 Å². The van der Waals surface area contributed by atoms with E-state index in [1.807, 2.05) is 0 Å². The third-order valence-electron chi connectivity index (χ3n) is 12.0. The first-order valence-electron chi connectivity index (χ1n) is 14.9. The van der Waals surface area contributed by atoms with E-state index >= 15 is 0 Å². The van der Waals surface area contributed by atoms with Gasteiger partial charge in [-0.25, -0.2) is 0 Å². The molecule has 8 nitrogen and oxygen atoms in total. The third kappa shape index (κ3) is 5.31. The minimum absolute atomic E-state index is 0.0205. The van der Waals surface area contributed by atoms with E-state index in [0.29, 0.717) is 12.8 Å². The predicted molar refractivity (Wildman–Crippen MR) is 146 cm³/mol. The standard InChI is InChI=1S/C29H51NO7S/c1-6-19-22-13-18(31)11-12-28(22,4)23-14-24(32)29(5)20(8-9-21(29)26(23)27(19)34)16(2)7-10-25(33)30-17(3)15-38(35,36)37/h16-24,26-27,31-32,34H,6-15H2,1-5H3,(H,30,33)(H,35,36,37)/t16-,17-,18-,19-,20-,21+,22+,23+,24+,26+,27-,28+,29-/m1/s1. The predicted octanol–water partition coefficient (Wildman–Crippen LogP) is 3.39. The van der Waals surface area contributed by atoms with Gasteiger partial charge in [0.1, 0.15) is 0 Å². The maximum Gasteiger partial charge on any atom is 0.266 e. The molecule has 0 aromatic heterocycles. The van der Waals surface area contributed by atoms with Crippen molar-refractivity contribution in [3.05, 3.63) is 0 Å². The molecule has 4 aliphatic rings. The Kier molecular flexibility index (Phi) is 8.68. The van der Waals surface area contributed by atoms with E-state index in [9.17, 15) is 28.5 Å². The van der Waals surface area contributed by atoms with E-state index in [0.717, 1.165) is 38.5 Å². The van der Waals surface area contributed by atoms with Crippen molar-refractivity contribution >= 4 is 16.0 Å². The van der Waals surface area contributed by atoms with Crippen molar-refractivity contribution in [1.82, 2.24) is 5.32 Å². The number of carbonyl (C=O) groups excluding carboxylic acids is 1. The third-order valence-corrected chi connectivity index (χ3v) is 12.9. The van der Waals surface area contributed by atoms with Crippen LogP contribution in [-0.2, 0) is 14.9 Å². The largest absolute Gasteiger partial charge is 0.393 e. The molecule has 0 spiro atoms. The van der Waals surface area contributed by atoms with Gasteiger partial charge in [-0.05, 0) is 104 Å². The van der Waals surface area contributed by atoms with E-state index < -0.39 is 34.1 Å². The number of amides is 1. The van der Waals surface area contributed by atoms with Gasteiger partial charge in [0.25, 0.3) is 10.1 Å². The number of aliphatic hydroxyl groups excluding tert-OH is 3. The van der Waals surface area contributed by atoms with Gasteiger partial charge in [0, 0.05) is 12.5 Å². The van der Waals surface area contributed by atoms with Gasteiger partial charge in [-0.1, -0.05) is 34.1 Å². The van der Waals surface area contributed by atoms with Gasteiger partial charge in [0.15, 0.2) is 0 Å². The zero-order valence-corrected chi connectivity index (χ0v) is 24.7. The van der Waals surface area contributed by atoms with Gasteiger partial charge in [-0.15, -0.1) is 0 Å². The molecule has 9 heteroatoms. The van der Waals surface area contributed by atoms with E-state index in [1.54, 1.807) is 6.92 Å². The fourth-order valence-corrected chi connectivity index (χ4v) is 10.9. The molecule has 0 aromatic rings. The molecule has 13 atom stereocenters. The highest BCUT2D eigenvalue weighted by Gasteiger charge is 2.67. The Morgan fingerprint density at radius 2 is 1.71 bits per heavy atom. The van der Waals surface area contributed by atoms with Crippen molar-refractivity contribution < 1.29 is 33.1 Å². The summed E-state index contributed by atoms with van der Waals surface area (Å²) < 4.78 is 31.2. The number of aliphatic hydroxyl groups is 3. The van der Waals surface area contributed by atoms with Crippen LogP contribution in [0.1, 0.15) is 92.4 Å². The summed E-state index contributed by atoms with van der Waals surface area (Å²) >= 11 is 0. The summed E-state index contributed by atoms with van der Waals surface area (Å²) in [6.07, 6.45) is 5.72. The number of hydrogen-bond donors (Lipinski definition) is 5. The minimum Gasteiger partial charge on any atom is -0.393 e. The van der Waals surface area contributed by atoms with Crippen LogP contribution in [0.4, 0.5) is 0 Å². The number of carbonyl (C=O) groups is 1. The second-order valence-electron chi connectivity index (χ2n) is 13.9. The van der Waals surface area contributed by atoms with Crippen LogP contribution < -0.4 is 5.32 Å². The van der Waals surface area contributed by atoms with Crippen LogP contribution in [0.3, 0.4) is 0 Å². The second kappa shape index (κ2) is 10.9. The summed E-state index contributed by atoms with van der Waals surface area (Å²) in [6, 6.07) is -0.663. The van der Waals surface area contributed by atoms with Crippen LogP contribution in [0.25, 0.3) is 0 Å². The topological polar surface area (TPSA) is 144 Å². The highest BCUT2D eigenvalue weighted by molar-refractivity contribution is 7.85. The number of nitrogens with one attached hydrogen (secondary N) is 1. The van der Waals surface area contributed by atoms with Gasteiger partial charge >= 0.3 is 0 Å². The smallest absolute Gasteiger partial charge is 0.266 e. The lowest BCUT2D eigenvalue weighted by molar-refractivity contribution is -0.228. The average Bonchev–Trinajstić information content (AvgIpc) is 3.17. The van der Waals surface area contributed by atoms with Crippen LogP contribution in [-0.4, -0.2) is 64.3 Å². The molecule has 4 rings (SSSR count). The molecule has 0 heterocycles. The van der Waals surface area contributed by atoms with Crippen LogP contribution in [0.15, 0.2) is 0 Å². The number of hydrogen-bond acceptors (Lipinski definition) is 6. The lowest BCUT2D eigenvalue weighted by Crippen LogP contribution is -2.65. The molecule has 0 unspecified atom stereocenters. The van der Waals surface area contributed by atoms with Gasteiger partial charge in [0.2, 0.25) is 5.91 Å². The molecule has 0 aromatic carbocycles. The van der Waals surface area contributed by atoms with Crippen molar-refractivity contribution in [2.75, 3.05) is 5.75 Å². The van der Waals surface area contributed by atoms with Gasteiger partial charge in [0.05, 0.1) is 24.1 Å². The summed E-state index contributed by atoms with van der Waals surface area (Å²) in [4.78, 5) is 12.5.